The van der Waals surface area contributed by atoms with Crippen LogP contribution in [0, 0.1) is 20.8 Å². The number of nitrogens with two attached hydrogens (primary N) is 1. The number of rotatable bonds is 6. The minimum atomic E-state index is -0.523. The van der Waals surface area contributed by atoms with Gasteiger partial charge < -0.3 is 11.1 Å². The Morgan fingerprint density at radius 1 is 1.25 bits per heavy atom. The fraction of sp³-hybridized carbons (Fsp3) is 0.286. The molecule has 5 nitrogen and oxygen atoms in total. The number of amides is 2. The Hall–Kier alpha value is -2.38. The van der Waals surface area contributed by atoms with Crippen LogP contribution in [0.5, 0.6) is 0 Å². The lowest BCUT2D eigenvalue weighted by Gasteiger charge is -2.15. The zero-order valence-corrected chi connectivity index (χ0v) is 18.0. The smallest absolute Gasteiger partial charge is 0.251 e. The number of hydrogen-bond acceptors (Lipinski definition) is 5. The molecule has 0 aliphatic rings. The van der Waals surface area contributed by atoms with Gasteiger partial charge in [0.15, 0.2) is 0 Å². The van der Waals surface area contributed by atoms with Crippen LogP contribution in [0.25, 0.3) is 10.9 Å². The summed E-state index contributed by atoms with van der Waals surface area (Å²) < 4.78 is 0. The molecule has 0 saturated heterocycles. The number of primary amides is 1. The van der Waals surface area contributed by atoms with Gasteiger partial charge in [-0.15, -0.1) is 11.3 Å². The lowest BCUT2D eigenvalue weighted by molar-refractivity contribution is -0.115. The molecular formula is C21H23N3O2S2. The third kappa shape index (κ3) is 4.05. The van der Waals surface area contributed by atoms with E-state index in [4.69, 9.17) is 5.73 Å². The van der Waals surface area contributed by atoms with Crippen LogP contribution in [0.15, 0.2) is 35.4 Å². The molecule has 2 amide bonds. The van der Waals surface area contributed by atoms with E-state index in [1.165, 1.54) is 23.1 Å². The van der Waals surface area contributed by atoms with Crippen LogP contribution >= 0.6 is 23.1 Å². The first-order chi connectivity index (χ1) is 13.3. The fourth-order valence-corrected chi connectivity index (χ4v) is 5.14. The molecule has 2 heterocycles. The van der Waals surface area contributed by atoms with E-state index in [1.54, 1.807) is 0 Å². The van der Waals surface area contributed by atoms with Crippen molar-refractivity contribution >= 4 is 50.8 Å². The largest absolute Gasteiger partial charge is 0.365 e. The van der Waals surface area contributed by atoms with E-state index < -0.39 is 5.91 Å². The molecular weight excluding hydrogens is 390 g/mol. The predicted octanol–water partition coefficient (Wildman–Crippen LogP) is 4.83. The number of pyridine rings is 1. The van der Waals surface area contributed by atoms with Crippen molar-refractivity contribution in [3.05, 3.63) is 51.9 Å². The van der Waals surface area contributed by atoms with E-state index in [9.17, 15) is 9.59 Å². The number of carbonyl (C=O) groups excluding carboxylic acids is 2. The number of aromatic nitrogens is 1. The zero-order valence-electron chi connectivity index (χ0n) is 16.3. The highest BCUT2D eigenvalue weighted by Crippen LogP contribution is 2.34. The molecule has 3 N–H and O–H groups in total. The predicted molar refractivity (Wildman–Crippen MR) is 117 cm³/mol. The molecule has 2 aromatic heterocycles. The Morgan fingerprint density at radius 3 is 2.64 bits per heavy atom. The second-order valence-corrected chi connectivity index (χ2v) is 9.10. The van der Waals surface area contributed by atoms with Crippen LogP contribution < -0.4 is 11.1 Å². The van der Waals surface area contributed by atoms with Crippen molar-refractivity contribution < 1.29 is 9.59 Å². The molecule has 0 spiro atoms. The number of hydrogen-bond donors (Lipinski definition) is 2. The molecule has 0 aliphatic carbocycles. The quantitative estimate of drug-likeness (QED) is 0.567. The molecule has 3 rings (SSSR count). The number of fused-ring (bicyclic) bond motifs is 1. The molecule has 1 atom stereocenters. The lowest BCUT2D eigenvalue weighted by atomic mass is 10.1. The SMILES string of the molecule is CCC(Sc1cc(C)c2ccccc2n1)C(=O)Nc1sc(C)c(C)c1C(N)=O. The monoisotopic (exact) mass is 413 g/mol. The standard InChI is InChI=1S/C21H23N3O2S2/c1-5-16(20(26)24-21-18(19(22)25)12(3)13(4)27-21)28-17-10-11(2)14-8-6-7-9-15(14)23-17/h6-10,16H,5H2,1-4H3,(H2,22,25)(H,24,26). The maximum absolute atomic E-state index is 12.9. The average Bonchev–Trinajstić information content (AvgIpc) is 2.93. The van der Waals surface area contributed by atoms with Crippen molar-refractivity contribution in [1.29, 1.82) is 0 Å². The van der Waals surface area contributed by atoms with Gasteiger partial charge in [0.05, 0.1) is 21.4 Å². The van der Waals surface area contributed by atoms with Gasteiger partial charge in [-0.3, -0.25) is 9.59 Å². The summed E-state index contributed by atoms with van der Waals surface area (Å²) in [5.74, 6) is -0.673. The van der Waals surface area contributed by atoms with Crippen LogP contribution in [-0.2, 0) is 4.79 Å². The number of anilines is 1. The first-order valence-electron chi connectivity index (χ1n) is 9.05. The van der Waals surface area contributed by atoms with Gasteiger partial charge in [-0.25, -0.2) is 4.98 Å². The van der Waals surface area contributed by atoms with Gasteiger partial charge in [-0.1, -0.05) is 36.9 Å². The minimum Gasteiger partial charge on any atom is -0.365 e. The molecule has 146 valence electrons. The van der Waals surface area contributed by atoms with Gasteiger partial charge in [-0.05, 0) is 50.5 Å². The van der Waals surface area contributed by atoms with Crippen LogP contribution in [0.4, 0.5) is 5.00 Å². The minimum absolute atomic E-state index is 0.149. The number of nitrogens with zero attached hydrogens (tertiary/aromatic N) is 1. The van der Waals surface area contributed by atoms with E-state index in [1.807, 2.05) is 58.0 Å². The zero-order chi connectivity index (χ0) is 20.4. The van der Waals surface area contributed by atoms with E-state index in [-0.39, 0.29) is 11.2 Å². The molecule has 0 bridgehead atoms. The summed E-state index contributed by atoms with van der Waals surface area (Å²) in [6, 6.07) is 9.98. The Morgan fingerprint density at radius 2 is 1.96 bits per heavy atom. The third-order valence-electron chi connectivity index (χ3n) is 4.69. The first kappa shape index (κ1) is 20.4. The van der Waals surface area contributed by atoms with E-state index in [0.717, 1.165) is 31.9 Å². The summed E-state index contributed by atoms with van der Waals surface area (Å²) in [6.07, 6.45) is 0.638. The Kier molecular flexibility index (Phi) is 6.05. The molecule has 28 heavy (non-hydrogen) atoms. The lowest BCUT2D eigenvalue weighted by Crippen LogP contribution is -2.25. The summed E-state index contributed by atoms with van der Waals surface area (Å²) in [5, 5.41) is 5.03. The molecule has 3 aromatic rings. The maximum Gasteiger partial charge on any atom is 0.251 e. The van der Waals surface area contributed by atoms with Gasteiger partial charge in [0.25, 0.3) is 5.91 Å². The summed E-state index contributed by atoms with van der Waals surface area (Å²) in [5.41, 5.74) is 8.77. The second-order valence-electron chi connectivity index (χ2n) is 6.65. The summed E-state index contributed by atoms with van der Waals surface area (Å²) in [4.78, 5) is 30.3. The van der Waals surface area contributed by atoms with Crippen molar-refractivity contribution in [2.45, 2.75) is 44.4 Å². The topological polar surface area (TPSA) is 85.1 Å². The number of nitrogens with one attached hydrogen (secondary N) is 1. The van der Waals surface area contributed by atoms with Crippen LogP contribution in [-0.4, -0.2) is 22.0 Å². The van der Waals surface area contributed by atoms with E-state index in [0.29, 0.717) is 17.0 Å². The van der Waals surface area contributed by atoms with Gasteiger partial charge in [0.1, 0.15) is 5.00 Å². The molecule has 1 unspecified atom stereocenters. The molecule has 7 heteroatoms. The second kappa shape index (κ2) is 8.32. The van der Waals surface area contributed by atoms with Crippen LogP contribution in [0.3, 0.4) is 0 Å². The molecule has 0 saturated carbocycles. The number of carbonyl (C=O) groups is 2. The summed E-state index contributed by atoms with van der Waals surface area (Å²) in [7, 11) is 0. The van der Waals surface area contributed by atoms with Gasteiger partial charge in [-0.2, -0.15) is 0 Å². The first-order valence-corrected chi connectivity index (χ1v) is 10.7. The Bertz CT molecular complexity index is 1060. The third-order valence-corrected chi connectivity index (χ3v) is 7.10. The van der Waals surface area contributed by atoms with Crippen molar-refractivity contribution in [2.24, 2.45) is 5.73 Å². The van der Waals surface area contributed by atoms with Crippen molar-refractivity contribution in [3.8, 4) is 0 Å². The molecule has 0 fully saturated rings. The van der Waals surface area contributed by atoms with Crippen molar-refractivity contribution in [1.82, 2.24) is 4.98 Å². The van der Waals surface area contributed by atoms with Crippen molar-refractivity contribution in [3.63, 3.8) is 0 Å². The average molecular weight is 414 g/mol. The van der Waals surface area contributed by atoms with Gasteiger partial charge in [0, 0.05) is 10.3 Å². The highest BCUT2D eigenvalue weighted by molar-refractivity contribution is 8.00. The van der Waals surface area contributed by atoms with Crippen LogP contribution in [0.1, 0.15) is 39.7 Å². The maximum atomic E-state index is 12.9. The Labute approximate surface area is 172 Å². The number of thioether (sulfide) groups is 1. The van der Waals surface area contributed by atoms with Crippen LogP contribution in [0.2, 0.25) is 0 Å². The highest BCUT2D eigenvalue weighted by atomic mass is 32.2. The normalized spacial score (nSPS) is 12.1. The molecule has 0 radical (unpaired) electrons. The van der Waals surface area contributed by atoms with E-state index >= 15 is 0 Å². The van der Waals surface area contributed by atoms with Gasteiger partial charge >= 0.3 is 0 Å². The van der Waals surface area contributed by atoms with Gasteiger partial charge in [0.2, 0.25) is 5.91 Å². The molecule has 0 aliphatic heterocycles. The number of benzene rings is 1. The summed E-state index contributed by atoms with van der Waals surface area (Å²) in [6.45, 7) is 7.77. The Balaban J connectivity index is 1.83. The number of aryl methyl sites for hydroxylation is 2. The summed E-state index contributed by atoms with van der Waals surface area (Å²) >= 11 is 2.81. The highest BCUT2D eigenvalue weighted by Gasteiger charge is 2.24. The van der Waals surface area contributed by atoms with E-state index in [2.05, 4.69) is 10.3 Å². The molecule has 1 aromatic carbocycles. The fourth-order valence-electron chi connectivity index (χ4n) is 3.05. The number of para-hydroxylation sites is 1. The number of thiophene rings is 1. The van der Waals surface area contributed by atoms with Crippen molar-refractivity contribution in [2.75, 3.05) is 5.32 Å².